The number of rotatable bonds is 3. The highest BCUT2D eigenvalue weighted by Gasteiger charge is 2.37. The predicted molar refractivity (Wildman–Crippen MR) is 69.3 cm³/mol. The number of aryl methyl sites for hydroxylation is 1. The van der Waals surface area contributed by atoms with Crippen molar-refractivity contribution in [1.29, 1.82) is 0 Å². The summed E-state index contributed by atoms with van der Waals surface area (Å²) in [7, 11) is 0. The summed E-state index contributed by atoms with van der Waals surface area (Å²) in [5, 5.41) is 0. The number of halogens is 2. The first-order valence-corrected chi connectivity index (χ1v) is 8.02. The van der Waals surface area contributed by atoms with Crippen LogP contribution in [0.25, 0.3) is 0 Å². The molecule has 0 unspecified atom stereocenters. The minimum absolute atomic E-state index is 0. The summed E-state index contributed by atoms with van der Waals surface area (Å²) in [4.78, 5) is 0. The van der Waals surface area contributed by atoms with Crippen molar-refractivity contribution in [1.82, 2.24) is 0 Å². The SMILES string of the molecule is Cc1ccccc1[I+]C(C)(C)c1ccccc1.[Cl-]. The summed E-state index contributed by atoms with van der Waals surface area (Å²) in [6, 6.07) is 19.6. The highest BCUT2D eigenvalue weighted by Crippen LogP contribution is 2.12. The third kappa shape index (κ3) is 3.72. The highest BCUT2D eigenvalue weighted by molar-refractivity contribution is 5.20. The van der Waals surface area contributed by atoms with Crippen molar-refractivity contribution in [2.24, 2.45) is 0 Å². The second kappa shape index (κ2) is 6.58. The molecule has 0 bridgehead atoms. The largest absolute Gasteiger partial charge is 1.00 e. The van der Waals surface area contributed by atoms with Crippen LogP contribution in [-0.4, -0.2) is 0 Å². The number of alkyl halides is 1. The molecule has 0 aliphatic rings. The molecule has 0 nitrogen and oxygen atoms in total. The van der Waals surface area contributed by atoms with Gasteiger partial charge in [0.05, 0.1) is 0 Å². The van der Waals surface area contributed by atoms with Crippen molar-refractivity contribution in [2.75, 3.05) is 0 Å². The molecule has 0 saturated heterocycles. The number of hydrogen-bond donors (Lipinski definition) is 0. The van der Waals surface area contributed by atoms with E-state index < -0.39 is 0 Å². The molecular weight excluding hydrogens is 355 g/mol. The summed E-state index contributed by atoms with van der Waals surface area (Å²) >= 11 is -0.0200. The first kappa shape index (κ1) is 15.5. The first-order chi connectivity index (χ1) is 8.09. The summed E-state index contributed by atoms with van der Waals surface area (Å²) in [6.45, 7) is 6.94. The molecule has 2 heteroatoms. The number of benzene rings is 2. The molecular formula is C16H18ClI. The average molecular weight is 373 g/mol. The topological polar surface area (TPSA) is 0 Å². The van der Waals surface area contributed by atoms with Gasteiger partial charge in [0, 0.05) is 11.1 Å². The van der Waals surface area contributed by atoms with E-state index in [4.69, 9.17) is 0 Å². The van der Waals surface area contributed by atoms with Crippen LogP contribution in [0.5, 0.6) is 0 Å². The van der Waals surface area contributed by atoms with E-state index in [0.717, 1.165) is 0 Å². The van der Waals surface area contributed by atoms with Crippen LogP contribution < -0.4 is 33.6 Å². The van der Waals surface area contributed by atoms with Gasteiger partial charge < -0.3 is 12.4 Å². The smallest absolute Gasteiger partial charge is 0.324 e. The second-order valence-corrected chi connectivity index (χ2v) is 9.08. The van der Waals surface area contributed by atoms with E-state index in [1.165, 1.54) is 11.1 Å². The molecule has 0 saturated carbocycles. The molecule has 2 aromatic carbocycles. The first-order valence-electron chi connectivity index (χ1n) is 5.87. The quantitative estimate of drug-likeness (QED) is 0.440. The van der Waals surface area contributed by atoms with Gasteiger partial charge in [-0.2, -0.15) is 0 Å². The predicted octanol–water partition coefficient (Wildman–Crippen LogP) is -1.81. The van der Waals surface area contributed by atoms with Crippen LogP contribution in [0.15, 0.2) is 54.6 Å². The third-order valence-electron chi connectivity index (χ3n) is 2.87. The Labute approximate surface area is 126 Å². The Morgan fingerprint density at radius 3 is 2.00 bits per heavy atom. The zero-order valence-electron chi connectivity index (χ0n) is 11.0. The third-order valence-corrected chi connectivity index (χ3v) is 6.64. The summed E-state index contributed by atoms with van der Waals surface area (Å²) in [6.07, 6.45) is 0. The van der Waals surface area contributed by atoms with Gasteiger partial charge in [-0.25, -0.2) is 0 Å². The van der Waals surface area contributed by atoms with Crippen molar-refractivity contribution in [3.8, 4) is 0 Å². The Hall–Kier alpha value is -0.540. The Kier molecular flexibility index (Phi) is 5.67. The lowest BCUT2D eigenvalue weighted by molar-refractivity contribution is -0.705. The molecule has 0 atom stereocenters. The molecule has 0 aromatic heterocycles. The highest BCUT2D eigenvalue weighted by atomic mass is 127. The monoisotopic (exact) mass is 372 g/mol. The van der Waals surface area contributed by atoms with E-state index in [0.29, 0.717) is 3.42 Å². The van der Waals surface area contributed by atoms with Crippen LogP contribution in [0.2, 0.25) is 0 Å². The molecule has 18 heavy (non-hydrogen) atoms. The maximum atomic E-state index is 2.36. The maximum Gasteiger partial charge on any atom is 0.324 e. The van der Waals surface area contributed by atoms with Gasteiger partial charge in [-0.15, -0.1) is 0 Å². The van der Waals surface area contributed by atoms with Crippen LogP contribution in [0.3, 0.4) is 0 Å². The van der Waals surface area contributed by atoms with E-state index in [-0.39, 0.29) is 33.6 Å². The van der Waals surface area contributed by atoms with E-state index in [1.807, 2.05) is 0 Å². The number of hydrogen-bond acceptors (Lipinski definition) is 0. The Balaban J connectivity index is 0.00000162. The maximum absolute atomic E-state index is 2.36. The summed E-state index contributed by atoms with van der Waals surface area (Å²) < 4.78 is 1.85. The van der Waals surface area contributed by atoms with E-state index in [9.17, 15) is 0 Å². The molecule has 0 heterocycles. The second-order valence-electron chi connectivity index (χ2n) is 4.68. The standard InChI is InChI=1S/C16H18I.ClH/c1-13-9-7-8-12-15(13)17-16(2,3)14-10-5-4-6-11-14;/h4-12H,1-3H3;1H/q+1;/p-1. The fourth-order valence-electron chi connectivity index (χ4n) is 1.80. The molecule has 0 spiro atoms. The van der Waals surface area contributed by atoms with Crippen LogP contribution >= 0.6 is 0 Å². The van der Waals surface area contributed by atoms with Gasteiger partial charge in [-0.05, 0) is 26.8 Å². The van der Waals surface area contributed by atoms with E-state index in [1.54, 1.807) is 3.57 Å². The van der Waals surface area contributed by atoms with Crippen molar-refractivity contribution in [2.45, 2.75) is 24.2 Å². The van der Waals surface area contributed by atoms with Gasteiger partial charge >= 0.3 is 21.2 Å². The van der Waals surface area contributed by atoms with Crippen LogP contribution in [-0.2, 0) is 3.42 Å². The fraction of sp³-hybridized carbons (Fsp3) is 0.250. The van der Waals surface area contributed by atoms with Crippen molar-refractivity contribution in [3.63, 3.8) is 0 Å². The van der Waals surface area contributed by atoms with Gasteiger partial charge in [-0.1, -0.05) is 48.5 Å². The molecule has 2 rings (SSSR count). The minimum atomic E-state index is -0.0200. The molecule has 96 valence electrons. The average Bonchev–Trinajstić information content (AvgIpc) is 2.33. The van der Waals surface area contributed by atoms with Gasteiger partial charge in [0.1, 0.15) is 0 Å². The molecule has 2 aromatic rings. The molecule has 0 N–H and O–H groups in total. The van der Waals surface area contributed by atoms with Gasteiger partial charge in [0.25, 0.3) is 0 Å². The normalized spacial score (nSPS) is 10.8. The van der Waals surface area contributed by atoms with E-state index in [2.05, 4.69) is 75.4 Å². The molecule has 0 aliphatic carbocycles. The Morgan fingerprint density at radius 1 is 0.833 bits per heavy atom. The minimum Gasteiger partial charge on any atom is -1.00 e. The van der Waals surface area contributed by atoms with Gasteiger partial charge in [0.2, 0.25) is 0 Å². The van der Waals surface area contributed by atoms with Crippen molar-refractivity contribution >= 4 is 0 Å². The molecule has 0 amide bonds. The lowest BCUT2D eigenvalue weighted by Crippen LogP contribution is -3.66. The van der Waals surface area contributed by atoms with Gasteiger partial charge in [0.15, 0.2) is 6.99 Å². The van der Waals surface area contributed by atoms with Gasteiger partial charge in [-0.3, -0.25) is 0 Å². The summed E-state index contributed by atoms with van der Waals surface area (Å²) in [5.74, 6) is 0. The molecule has 0 aliphatic heterocycles. The van der Waals surface area contributed by atoms with Crippen molar-refractivity contribution < 1.29 is 33.6 Å². The molecule has 0 fully saturated rings. The lowest BCUT2D eigenvalue weighted by atomic mass is 10.0. The van der Waals surface area contributed by atoms with Crippen LogP contribution in [0.4, 0.5) is 0 Å². The lowest BCUT2D eigenvalue weighted by Gasteiger charge is -2.12. The zero-order valence-corrected chi connectivity index (χ0v) is 13.9. The zero-order chi connectivity index (χ0) is 12.3. The Morgan fingerprint density at radius 2 is 1.39 bits per heavy atom. The Bertz CT molecular complexity index is 491. The molecule has 0 radical (unpaired) electrons. The van der Waals surface area contributed by atoms with Crippen molar-refractivity contribution in [3.05, 3.63) is 69.3 Å². The van der Waals surface area contributed by atoms with Crippen LogP contribution in [0, 0.1) is 10.5 Å². The van der Waals surface area contributed by atoms with Crippen LogP contribution in [0.1, 0.15) is 25.0 Å². The fourth-order valence-corrected chi connectivity index (χ4v) is 4.92. The summed E-state index contributed by atoms with van der Waals surface area (Å²) in [5.41, 5.74) is 2.89. The van der Waals surface area contributed by atoms with E-state index >= 15 is 0 Å².